The van der Waals surface area contributed by atoms with Gasteiger partial charge in [-0.25, -0.2) is 14.4 Å². The molecule has 1 fully saturated rings. The van der Waals surface area contributed by atoms with Crippen molar-refractivity contribution in [2.45, 2.75) is 6.54 Å². The molecule has 0 bridgehead atoms. The van der Waals surface area contributed by atoms with E-state index in [4.69, 9.17) is 4.98 Å². The van der Waals surface area contributed by atoms with Gasteiger partial charge in [-0.2, -0.15) is 0 Å². The minimum absolute atomic E-state index is 0.199. The molecule has 2 aromatic heterocycles. The number of fused-ring (bicyclic) bond motifs is 1. The fourth-order valence-corrected chi connectivity index (χ4v) is 4.18. The van der Waals surface area contributed by atoms with Crippen molar-refractivity contribution < 1.29 is 9.18 Å². The van der Waals surface area contributed by atoms with Crippen LogP contribution in [0.15, 0.2) is 79.1 Å². The number of aromatic nitrogens is 2. The van der Waals surface area contributed by atoms with E-state index in [1.54, 1.807) is 18.3 Å². The van der Waals surface area contributed by atoms with E-state index in [1.165, 1.54) is 12.1 Å². The Morgan fingerprint density at radius 3 is 2.27 bits per heavy atom. The van der Waals surface area contributed by atoms with Crippen molar-refractivity contribution in [3.63, 3.8) is 0 Å². The minimum atomic E-state index is -0.295. The van der Waals surface area contributed by atoms with Gasteiger partial charge in [0.05, 0.1) is 5.56 Å². The summed E-state index contributed by atoms with van der Waals surface area (Å²) >= 11 is 0. The van der Waals surface area contributed by atoms with Gasteiger partial charge in [-0.05, 0) is 35.2 Å². The van der Waals surface area contributed by atoms with Crippen LogP contribution in [0.5, 0.6) is 0 Å². The first kappa shape index (κ1) is 20.9. The fourth-order valence-electron chi connectivity index (χ4n) is 4.18. The number of carbonyl (C=O) groups is 1. The largest absolute Gasteiger partial charge is 0.353 e. The molecule has 166 valence electrons. The molecule has 6 nitrogen and oxygen atoms in total. The van der Waals surface area contributed by atoms with Crippen molar-refractivity contribution in [3.8, 4) is 0 Å². The van der Waals surface area contributed by atoms with Crippen molar-refractivity contribution in [2.24, 2.45) is 0 Å². The minimum Gasteiger partial charge on any atom is -0.353 e. The van der Waals surface area contributed by atoms with Gasteiger partial charge >= 0.3 is 0 Å². The van der Waals surface area contributed by atoms with Gasteiger partial charge in [0.1, 0.15) is 17.5 Å². The molecule has 3 heterocycles. The molecule has 0 aliphatic carbocycles. The fraction of sp³-hybridized carbons (Fsp3) is 0.192. The Kier molecular flexibility index (Phi) is 5.85. The average molecular weight is 442 g/mol. The van der Waals surface area contributed by atoms with Gasteiger partial charge in [0.15, 0.2) is 0 Å². The van der Waals surface area contributed by atoms with Crippen LogP contribution in [-0.2, 0) is 6.54 Å². The summed E-state index contributed by atoms with van der Waals surface area (Å²) in [6.07, 6.45) is 3.47. The number of hydrogen-bond acceptors (Lipinski definition) is 5. The van der Waals surface area contributed by atoms with E-state index in [1.807, 2.05) is 48.7 Å². The molecule has 1 N–H and O–H groups in total. The molecule has 0 atom stereocenters. The predicted octanol–water partition coefficient (Wildman–Crippen LogP) is 4.03. The van der Waals surface area contributed by atoms with E-state index >= 15 is 0 Å². The normalized spacial score (nSPS) is 13.8. The maximum absolute atomic E-state index is 13.1. The Morgan fingerprint density at radius 1 is 0.848 bits per heavy atom. The first-order valence-electron chi connectivity index (χ1n) is 11.0. The predicted molar refractivity (Wildman–Crippen MR) is 128 cm³/mol. The number of rotatable bonds is 5. The summed E-state index contributed by atoms with van der Waals surface area (Å²) in [5, 5.41) is 4.74. The molecule has 1 saturated heterocycles. The SMILES string of the molecule is O=C(NCc1ccc(F)cc1)c1cnc(N2CCN(c3ccccn3)CC2)c2ccccc12. The van der Waals surface area contributed by atoms with Crippen LogP contribution in [0.1, 0.15) is 15.9 Å². The maximum atomic E-state index is 13.1. The van der Waals surface area contributed by atoms with Gasteiger partial charge in [0, 0.05) is 50.5 Å². The summed E-state index contributed by atoms with van der Waals surface area (Å²) < 4.78 is 13.1. The molecule has 0 spiro atoms. The number of piperazine rings is 1. The Bertz CT molecular complexity index is 1250. The van der Waals surface area contributed by atoms with Crippen LogP contribution in [0.25, 0.3) is 10.8 Å². The van der Waals surface area contributed by atoms with Gasteiger partial charge in [0.25, 0.3) is 5.91 Å². The lowest BCUT2D eigenvalue weighted by atomic mass is 10.1. The molecule has 4 aromatic rings. The Hall–Kier alpha value is -4.00. The third-order valence-corrected chi connectivity index (χ3v) is 5.94. The van der Waals surface area contributed by atoms with Crippen LogP contribution in [0.4, 0.5) is 16.0 Å². The highest BCUT2D eigenvalue weighted by Gasteiger charge is 2.22. The van der Waals surface area contributed by atoms with Crippen molar-refractivity contribution in [1.82, 2.24) is 15.3 Å². The highest BCUT2D eigenvalue weighted by atomic mass is 19.1. The van der Waals surface area contributed by atoms with Gasteiger partial charge in [-0.15, -0.1) is 0 Å². The standard InChI is InChI=1S/C26H24FN5O/c27-20-10-8-19(9-11-20)17-30-26(33)23-18-29-25(22-6-2-1-5-21(22)23)32-15-13-31(14-16-32)24-7-3-4-12-28-24/h1-12,18H,13-17H2,(H,30,33). The van der Waals surface area contributed by atoms with Gasteiger partial charge in [-0.3, -0.25) is 4.79 Å². The zero-order valence-electron chi connectivity index (χ0n) is 18.1. The van der Waals surface area contributed by atoms with Crippen molar-refractivity contribution in [2.75, 3.05) is 36.0 Å². The number of nitrogens with one attached hydrogen (secondary N) is 1. The molecule has 0 unspecified atom stereocenters. The maximum Gasteiger partial charge on any atom is 0.253 e. The lowest BCUT2D eigenvalue weighted by Crippen LogP contribution is -2.47. The smallest absolute Gasteiger partial charge is 0.253 e. The number of amides is 1. The molecular formula is C26H24FN5O. The number of halogens is 1. The molecule has 1 aliphatic heterocycles. The van der Waals surface area contributed by atoms with Gasteiger partial charge in [-0.1, -0.05) is 42.5 Å². The quantitative estimate of drug-likeness (QED) is 0.507. The van der Waals surface area contributed by atoms with Crippen LogP contribution in [0.3, 0.4) is 0 Å². The second-order valence-electron chi connectivity index (χ2n) is 8.01. The first-order valence-corrected chi connectivity index (χ1v) is 11.0. The number of carbonyl (C=O) groups excluding carboxylic acids is 1. The second-order valence-corrected chi connectivity index (χ2v) is 8.01. The Balaban J connectivity index is 1.34. The molecular weight excluding hydrogens is 417 g/mol. The van der Waals surface area contributed by atoms with E-state index < -0.39 is 0 Å². The number of anilines is 2. The van der Waals surface area contributed by atoms with E-state index in [9.17, 15) is 9.18 Å². The summed E-state index contributed by atoms with van der Waals surface area (Å²) in [4.78, 5) is 26.6. The summed E-state index contributed by atoms with van der Waals surface area (Å²) in [5.74, 6) is 1.38. The summed E-state index contributed by atoms with van der Waals surface area (Å²) in [6.45, 7) is 3.68. The van der Waals surface area contributed by atoms with E-state index in [0.29, 0.717) is 12.1 Å². The number of pyridine rings is 2. The third kappa shape index (κ3) is 4.48. The number of hydrogen-bond donors (Lipinski definition) is 1. The van der Waals surface area contributed by atoms with Gasteiger partial charge < -0.3 is 15.1 Å². The first-order chi connectivity index (χ1) is 16.2. The molecule has 1 amide bonds. The monoisotopic (exact) mass is 441 g/mol. The lowest BCUT2D eigenvalue weighted by molar-refractivity contribution is 0.0952. The second kappa shape index (κ2) is 9.24. The Morgan fingerprint density at radius 2 is 1.55 bits per heavy atom. The van der Waals surface area contributed by atoms with Crippen molar-refractivity contribution in [1.29, 1.82) is 0 Å². The Labute approximate surface area is 191 Å². The third-order valence-electron chi connectivity index (χ3n) is 5.94. The zero-order valence-corrected chi connectivity index (χ0v) is 18.1. The summed E-state index contributed by atoms with van der Waals surface area (Å²) in [6, 6.07) is 19.9. The molecule has 33 heavy (non-hydrogen) atoms. The average Bonchev–Trinajstić information content (AvgIpc) is 2.88. The van der Waals surface area contributed by atoms with Gasteiger partial charge in [0.2, 0.25) is 0 Å². The lowest BCUT2D eigenvalue weighted by Gasteiger charge is -2.36. The van der Waals surface area contributed by atoms with Crippen LogP contribution < -0.4 is 15.1 Å². The molecule has 0 saturated carbocycles. The zero-order chi connectivity index (χ0) is 22.6. The summed E-state index contributed by atoms with van der Waals surface area (Å²) in [5.41, 5.74) is 1.37. The molecule has 1 aliphatic rings. The number of benzene rings is 2. The highest BCUT2D eigenvalue weighted by Crippen LogP contribution is 2.28. The highest BCUT2D eigenvalue weighted by molar-refractivity contribution is 6.09. The van der Waals surface area contributed by atoms with Crippen molar-refractivity contribution >= 4 is 28.3 Å². The summed E-state index contributed by atoms with van der Waals surface area (Å²) in [7, 11) is 0. The van der Waals surface area contributed by atoms with Crippen LogP contribution >= 0.6 is 0 Å². The molecule has 0 radical (unpaired) electrons. The molecule has 7 heteroatoms. The van der Waals surface area contributed by atoms with Crippen LogP contribution in [0, 0.1) is 5.82 Å². The molecule has 2 aromatic carbocycles. The van der Waals surface area contributed by atoms with Crippen molar-refractivity contribution in [3.05, 3.63) is 96.1 Å². The van der Waals surface area contributed by atoms with E-state index in [2.05, 4.69) is 20.1 Å². The molecule has 5 rings (SSSR count). The van der Waals surface area contributed by atoms with Crippen LogP contribution in [-0.4, -0.2) is 42.1 Å². The van der Waals surface area contributed by atoms with E-state index in [0.717, 1.165) is 54.2 Å². The van der Waals surface area contributed by atoms with E-state index in [-0.39, 0.29) is 11.7 Å². The topological polar surface area (TPSA) is 61.4 Å². The number of nitrogens with zero attached hydrogens (tertiary/aromatic N) is 4. The van der Waals surface area contributed by atoms with Crippen LogP contribution in [0.2, 0.25) is 0 Å².